The third kappa shape index (κ3) is 7.26. The minimum Gasteiger partial charge on any atom is -0.493 e. The average Bonchev–Trinajstić information content (AvgIpc) is 2.91. The first kappa shape index (κ1) is 28.1. The van der Waals surface area contributed by atoms with Gasteiger partial charge in [-0.2, -0.15) is 5.26 Å². The highest BCUT2D eigenvalue weighted by Crippen LogP contribution is 2.37. The molecule has 3 rings (SSSR count). The molecule has 3 aromatic rings. The summed E-state index contributed by atoms with van der Waals surface area (Å²) in [5.74, 6) is -1.37. The molecular formula is C27H21Cl2N3O6. The quantitative estimate of drug-likeness (QED) is 0.207. The zero-order valence-corrected chi connectivity index (χ0v) is 21.7. The van der Waals surface area contributed by atoms with Crippen molar-refractivity contribution in [3.8, 4) is 17.6 Å². The molecule has 0 radical (unpaired) electrons. The van der Waals surface area contributed by atoms with Crippen molar-refractivity contribution in [1.29, 1.82) is 5.26 Å². The number of halogens is 2. The Balaban J connectivity index is 1.72. The molecule has 2 amide bonds. The van der Waals surface area contributed by atoms with E-state index >= 15 is 0 Å². The van der Waals surface area contributed by atoms with Gasteiger partial charge in [-0.15, -0.1) is 0 Å². The molecule has 0 bridgehead atoms. The summed E-state index contributed by atoms with van der Waals surface area (Å²) in [5.41, 5.74) is 1.29. The van der Waals surface area contributed by atoms with Crippen LogP contribution in [0.3, 0.4) is 0 Å². The van der Waals surface area contributed by atoms with Gasteiger partial charge in [0.15, 0.2) is 18.1 Å². The van der Waals surface area contributed by atoms with Crippen LogP contribution in [0.25, 0.3) is 6.08 Å². The summed E-state index contributed by atoms with van der Waals surface area (Å²) >= 11 is 12.4. The van der Waals surface area contributed by atoms with Gasteiger partial charge in [0.05, 0.1) is 35.5 Å². The maximum atomic E-state index is 12.6. The number of nitriles is 1. The smallest absolute Gasteiger partial charge is 0.337 e. The Kier molecular flexibility index (Phi) is 9.71. The fourth-order valence-electron chi connectivity index (χ4n) is 3.17. The summed E-state index contributed by atoms with van der Waals surface area (Å²) in [4.78, 5) is 36.5. The first-order valence-corrected chi connectivity index (χ1v) is 11.7. The van der Waals surface area contributed by atoms with Crippen molar-refractivity contribution in [3.63, 3.8) is 0 Å². The molecule has 3 aromatic carbocycles. The summed E-state index contributed by atoms with van der Waals surface area (Å²) in [6, 6.07) is 17.5. The van der Waals surface area contributed by atoms with E-state index in [0.29, 0.717) is 27.5 Å². The number of carbonyl (C=O) groups excluding carboxylic acids is 3. The molecule has 9 nitrogen and oxygen atoms in total. The topological polar surface area (TPSA) is 127 Å². The van der Waals surface area contributed by atoms with Crippen molar-refractivity contribution >= 4 is 58.4 Å². The van der Waals surface area contributed by atoms with Crippen molar-refractivity contribution in [2.75, 3.05) is 31.5 Å². The van der Waals surface area contributed by atoms with Gasteiger partial charge >= 0.3 is 5.97 Å². The molecular weight excluding hydrogens is 533 g/mol. The van der Waals surface area contributed by atoms with Gasteiger partial charge in [0, 0.05) is 5.69 Å². The number of amides is 2. The van der Waals surface area contributed by atoms with Crippen LogP contribution in [0.5, 0.6) is 11.5 Å². The minimum absolute atomic E-state index is 0.0947. The molecule has 0 aromatic heterocycles. The number of ether oxygens (including phenoxy) is 3. The number of para-hydroxylation sites is 1. The summed E-state index contributed by atoms with van der Waals surface area (Å²) in [5, 5.41) is 15.2. The Bertz CT molecular complexity index is 1430. The van der Waals surface area contributed by atoms with Crippen molar-refractivity contribution in [2.45, 2.75) is 0 Å². The summed E-state index contributed by atoms with van der Waals surface area (Å²) in [6.45, 7) is -0.378. The first-order chi connectivity index (χ1) is 18.2. The van der Waals surface area contributed by atoms with E-state index in [1.807, 2.05) is 6.07 Å². The molecule has 0 heterocycles. The number of anilines is 2. The number of esters is 1. The molecule has 0 saturated carbocycles. The summed E-state index contributed by atoms with van der Waals surface area (Å²) in [6.07, 6.45) is 1.32. The fraction of sp³-hybridized carbons (Fsp3) is 0.111. The molecule has 38 heavy (non-hydrogen) atoms. The third-order valence-electron chi connectivity index (χ3n) is 4.99. The van der Waals surface area contributed by atoms with Gasteiger partial charge in [-0.3, -0.25) is 9.59 Å². The highest BCUT2D eigenvalue weighted by atomic mass is 35.5. The average molecular weight is 554 g/mol. The Morgan fingerprint density at radius 3 is 2.32 bits per heavy atom. The van der Waals surface area contributed by atoms with Crippen LogP contribution in [-0.2, 0) is 14.3 Å². The monoisotopic (exact) mass is 553 g/mol. The molecule has 194 valence electrons. The van der Waals surface area contributed by atoms with E-state index in [4.69, 9.17) is 32.7 Å². The number of rotatable bonds is 9. The molecule has 11 heteroatoms. The van der Waals surface area contributed by atoms with Crippen LogP contribution in [0.1, 0.15) is 15.9 Å². The molecule has 0 atom stereocenters. The van der Waals surface area contributed by atoms with Gasteiger partial charge in [0.25, 0.3) is 11.8 Å². The highest BCUT2D eigenvalue weighted by molar-refractivity contribution is 6.33. The van der Waals surface area contributed by atoms with Crippen LogP contribution in [0.2, 0.25) is 10.0 Å². The van der Waals surface area contributed by atoms with Gasteiger partial charge < -0.3 is 24.8 Å². The van der Waals surface area contributed by atoms with Crippen LogP contribution in [-0.4, -0.2) is 38.6 Å². The molecule has 0 aliphatic carbocycles. The lowest BCUT2D eigenvalue weighted by atomic mass is 10.1. The Labute approximate surface area is 228 Å². The number of benzene rings is 3. The van der Waals surface area contributed by atoms with E-state index in [1.54, 1.807) is 24.3 Å². The zero-order valence-electron chi connectivity index (χ0n) is 20.2. The summed E-state index contributed by atoms with van der Waals surface area (Å²) in [7, 11) is 2.65. The second-order valence-electron chi connectivity index (χ2n) is 7.54. The van der Waals surface area contributed by atoms with Crippen LogP contribution < -0.4 is 20.1 Å². The van der Waals surface area contributed by atoms with Gasteiger partial charge in [0.1, 0.15) is 11.6 Å². The first-order valence-electron chi connectivity index (χ1n) is 10.9. The number of methoxy groups -OCH3 is 2. The number of nitrogens with zero attached hydrogens (tertiary/aromatic N) is 1. The largest absolute Gasteiger partial charge is 0.493 e. The van der Waals surface area contributed by atoms with Gasteiger partial charge in [-0.1, -0.05) is 35.3 Å². The van der Waals surface area contributed by atoms with Crippen LogP contribution >= 0.6 is 23.2 Å². The lowest BCUT2D eigenvalue weighted by Crippen LogP contribution is -2.20. The maximum absolute atomic E-state index is 12.6. The van der Waals surface area contributed by atoms with E-state index in [2.05, 4.69) is 15.4 Å². The van der Waals surface area contributed by atoms with Crippen molar-refractivity contribution in [2.24, 2.45) is 0 Å². The van der Waals surface area contributed by atoms with Crippen LogP contribution in [0.4, 0.5) is 11.4 Å². The Hall–Kier alpha value is -4.52. The molecule has 0 fully saturated rings. The maximum Gasteiger partial charge on any atom is 0.337 e. The fourth-order valence-corrected chi connectivity index (χ4v) is 3.63. The second kappa shape index (κ2) is 13.1. The van der Waals surface area contributed by atoms with Gasteiger partial charge in [0.2, 0.25) is 0 Å². The normalized spacial score (nSPS) is 10.7. The van der Waals surface area contributed by atoms with E-state index in [9.17, 15) is 19.6 Å². The summed E-state index contributed by atoms with van der Waals surface area (Å²) < 4.78 is 15.5. The lowest BCUT2D eigenvalue weighted by Gasteiger charge is -2.14. The highest BCUT2D eigenvalue weighted by Gasteiger charge is 2.16. The molecule has 2 N–H and O–H groups in total. The van der Waals surface area contributed by atoms with Gasteiger partial charge in [-0.05, 0) is 60.2 Å². The van der Waals surface area contributed by atoms with E-state index in [0.717, 1.165) is 0 Å². The van der Waals surface area contributed by atoms with Gasteiger partial charge in [-0.25, -0.2) is 4.79 Å². The SMILES string of the molecule is COC(=O)c1ccc(NC(=O)/C(C#N)=C\c2cc(Cl)c(OCC(=O)Nc3ccccc3Cl)c(OC)c2)cc1. The molecule has 0 aliphatic rings. The number of nitrogens with one attached hydrogen (secondary N) is 2. The van der Waals surface area contributed by atoms with Crippen molar-refractivity contribution < 1.29 is 28.6 Å². The Morgan fingerprint density at radius 1 is 0.974 bits per heavy atom. The molecule has 0 spiro atoms. The number of carbonyl (C=O) groups is 3. The minimum atomic E-state index is -0.676. The Morgan fingerprint density at radius 2 is 1.68 bits per heavy atom. The van der Waals surface area contributed by atoms with E-state index < -0.39 is 17.8 Å². The standard InChI is InChI=1S/C27H21Cl2N3O6/c1-36-23-13-16(11-18(14-30)26(34)31-19-9-7-17(8-10-19)27(35)37-2)12-21(29)25(23)38-15-24(33)32-22-6-4-3-5-20(22)28/h3-13H,15H2,1-2H3,(H,31,34)(H,32,33)/b18-11-. The van der Waals surface area contributed by atoms with Crippen molar-refractivity contribution in [1.82, 2.24) is 0 Å². The third-order valence-corrected chi connectivity index (χ3v) is 5.60. The predicted octanol–water partition coefficient (Wildman–Crippen LogP) is 5.35. The van der Waals surface area contributed by atoms with E-state index in [-0.39, 0.29) is 28.7 Å². The van der Waals surface area contributed by atoms with Crippen LogP contribution in [0.15, 0.2) is 66.2 Å². The zero-order chi connectivity index (χ0) is 27.7. The molecule has 0 unspecified atom stereocenters. The second-order valence-corrected chi connectivity index (χ2v) is 8.36. The molecule has 0 saturated heterocycles. The van der Waals surface area contributed by atoms with Crippen LogP contribution in [0, 0.1) is 11.3 Å². The van der Waals surface area contributed by atoms with Crippen molar-refractivity contribution in [3.05, 3.63) is 87.4 Å². The number of hydrogen-bond donors (Lipinski definition) is 2. The molecule has 0 aliphatic heterocycles. The van der Waals surface area contributed by atoms with E-state index in [1.165, 1.54) is 56.7 Å². The lowest BCUT2D eigenvalue weighted by molar-refractivity contribution is -0.118. The predicted molar refractivity (Wildman–Crippen MR) is 144 cm³/mol. The number of hydrogen-bond acceptors (Lipinski definition) is 7.